The quantitative estimate of drug-likeness (QED) is 0.674. The molecule has 110 valence electrons. The van der Waals surface area contributed by atoms with Gasteiger partial charge in [-0.25, -0.2) is 4.79 Å². The summed E-state index contributed by atoms with van der Waals surface area (Å²) in [5.74, 6) is 0. The van der Waals surface area contributed by atoms with Gasteiger partial charge in [0, 0.05) is 23.4 Å². The van der Waals surface area contributed by atoms with Crippen LogP contribution in [0, 0.1) is 0 Å². The van der Waals surface area contributed by atoms with Crippen LogP contribution in [-0.2, 0) is 14.1 Å². The molecule has 1 N–H and O–H groups in total. The van der Waals surface area contributed by atoms with E-state index in [-0.39, 0.29) is 5.69 Å². The molecule has 0 fully saturated rings. The molecule has 0 spiro atoms. The summed E-state index contributed by atoms with van der Waals surface area (Å²) in [5, 5.41) is 10.5. The molecule has 0 bridgehead atoms. The molecule has 2 aromatic heterocycles. The van der Waals surface area contributed by atoms with Crippen LogP contribution in [0.15, 0.2) is 37.3 Å². The second-order valence-corrected chi connectivity index (χ2v) is 8.08. The first-order valence-corrected chi connectivity index (χ1v) is 8.58. The summed E-state index contributed by atoms with van der Waals surface area (Å²) in [6.07, 6.45) is -0.711. The van der Waals surface area contributed by atoms with Crippen molar-refractivity contribution in [3.8, 4) is 0 Å². The van der Waals surface area contributed by atoms with E-state index in [0.717, 1.165) is 29.7 Å². The van der Waals surface area contributed by atoms with Crippen LogP contribution in [0.5, 0.6) is 0 Å². The van der Waals surface area contributed by atoms with E-state index in [2.05, 4.69) is 31.9 Å². The van der Waals surface area contributed by atoms with E-state index >= 15 is 0 Å². The third-order valence-corrected chi connectivity index (χ3v) is 6.85. The van der Waals surface area contributed by atoms with Gasteiger partial charge in [0.15, 0.2) is 0 Å². The molecule has 1 atom stereocenters. The van der Waals surface area contributed by atoms with E-state index in [1.165, 1.54) is 11.3 Å². The van der Waals surface area contributed by atoms with Gasteiger partial charge < -0.3 is 5.11 Å². The van der Waals surface area contributed by atoms with Crippen molar-refractivity contribution in [2.24, 2.45) is 14.1 Å². The molecular formula is C14H12Br2N2O2S. The van der Waals surface area contributed by atoms with Crippen LogP contribution in [0.3, 0.4) is 0 Å². The molecule has 3 rings (SSSR count). The highest BCUT2D eigenvalue weighted by Gasteiger charge is 2.17. The van der Waals surface area contributed by atoms with Crippen molar-refractivity contribution in [3.63, 3.8) is 0 Å². The highest BCUT2D eigenvalue weighted by molar-refractivity contribution is 9.13. The van der Waals surface area contributed by atoms with Gasteiger partial charge in [-0.1, -0.05) is 6.07 Å². The number of thiophene rings is 1. The fourth-order valence-corrected chi connectivity index (χ4v) is 4.46. The Kier molecular flexibility index (Phi) is 3.85. The Balaban J connectivity index is 2.12. The van der Waals surface area contributed by atoms with E-state index < -0.39 is 6.10 Å². The Morgan fingerprint density at radius 2 is 1.81 bits per heavy atom. The lowest BCUT2D eigenvalue weighted by atomic mass is 10.1. The maximum absolute atomic E-state index is 11.9. The van der Waals surface area contributed by atoms with Crippen molar-refractivity contribution < 1.29 is 5.11 Å². The second kappa shape index (κ2) is 5.39. The smallest absolute Gasteiger partial charge is 0.328 e. The molecule has 4 nitrogen and oxygen atoms in total. The molecular weight excluding hydrogens is 420 g/mol. The number of aliphatic hydroxyl groups is 1. The van der Waals surface area contributed by atoms with E-state index in [4.69, 9.17) is 0 Å². The number of hydrogen-bond acceptors (Lipinski definition) is 3. The summed E-state index contributed by atoms with van der Waals surface area (Å²) in [7, 11) is 3.48. The molecule has 2 heterocycles. The van der Waals surface area contributed by atoms with Crippen molar-refractivity contribution in [3.05, 3.63) is 53.4 Å². The van der Waals surface area contributed by atoms with Gasteiger partial charge >= 0.3 is 5.69 Å². The third-order valence-electron chi connectivity index (χ3n) is 3.55. The number of aromatic nitrogens is 2. The van der Waals surface area contributed by atoms with Crippen LogP contribution in [-0.4, -0.2) is 14.2 Å². The monoisotopic (exact) mass is 430 g/mol. The van der Waals surface area contributed by atoms with Crippen molar-refractivity contribution in [1.82, 2.24) is 9.13 Å². The normalized spacial score (nSPS) is 13.0. The largest absolute Gasteiger partial charge is 0.383 e. The minimum absolute atomic E-state index is 0.0711. The average molecular weight is 432 g/mol. The Morgan fingerprint density at radius 3 is 2.43 bits per heavy atom. The van der Waals surface area contributed by atoms with Gasteiger partial charge in [0.25, 0.3) is 0 Å². The molecule has 7 heteroatoms. The van der Waals surface area contributed by atoms with E-state index in [1.807, 2.05) is 24.3 Å². The van der Waals surface area contributed by atoms with Crippen molar-refractivity contribution in [2.45, 2.75) is 6.10 Å². The zero-order valence-electron chi connectivity index (χ0n) is 11.3. The Bertz CT molecular complexity index is 875. The minimum atomic E-state index is -0.711. The van der Waals surface area contributed by atoms with Crippen LogP contribution in [0.25, 0.3) is 11.0 Å². The molecule has 0 aliphatic rings. The SMILES string of the molecule is Cn1c(=O)n(C)c2cc(C(O)c3cc(Br)c(Br)s3)ccc21. The summed E-state index contributed by atoms with van der Waals surface area (Å²) in [5.41, 5.74) is 2.36. The lowest BCUT2D eigenvalue weighted by molar-refractivity contribution is 0.224. The number of imidazole rings is 1. The maximum atomic E-state index is 11.9. The van der Waals surface area contributed by atoms with Gasteiger partial charge in [-0.15, -0.1) is 11.3 Å². The average Bonchev–Trinajstić information content (AvgIpc) is 2.92. The zero-order valence-corrected chi connectivity index (χ0v) is 15.3. The van der Waals surface area contributed by atoms with Crippen LogP contribution in [0.4, 0.5) is 0 Å². The molecule has 0 amide bonds. The van der Waals surface area contributed by atoms with E-state index in [1.54, 1.807) is 23.2 Å². The fourth-order valence-electron chi connectivity index (χ4n) is 2.36. The number of fused-ring (bicyclic) bond motifs is 1. The molecule has 1 aromatic carbocycles. The van der Waals surface area contributed by atoms with Gasteiger partial charge in [-0.2, -0.15) is 0 Å². The lowest BCUT2D eigenvalue weighted by Crippen LogP contribution is -2.19. The molecule has 0 aliphatic carbocycles. The van der Waals surface area contributed by atoms with Crippen LogP contribution >= 0.6 is 43.2 Å². The number of aliphatic hydroxyl groups excluding tert-OH is 1. The summed E-state index contributed by atoms with van der Waals surface area (Å²) >= 11 is 8.34. The first kappa shape index (κ1) is 15.0. The van der Waals surface area contributed by atoms with Gasteiger partial charge in [-0.05, 0) is 55.6 Å². The number of benzene rings is 1. The van der Waals surface area contributed by atoms with Gasteiger partial charge in [0.2, 0.25) is 0 Å². The molecule has 21 heavy (non-hydrogen) atoms. The maximum Gasteiger partial charge on any atom is 0.328 e. The minimum Gasteiger partial charge on any atom is -0.383 e. The van der Waals surface area contributed by atoms with Crippen LogP contribution in [0.2, 0.25) is 0 Å². The van der Waals surface area contributed by atoms with Crippen molar-refractivity contribution in [2.75, 3.05) is 0 Å². The van der Waals surface area contributed by atoms with E-state index in [0.29, 0.717) is 0 Å². The van der Waals surface area contributed by atoms with Gasteiger partial charge in [-0.3, -0.25) is 9.13 Å². The topological polar surface area (TPSA) is 47.2 Å². The summed E-state index contributed by atoms with van der Waals surface area (Å²) in [6, 6.07) is 7.48. The Hall–Kier alpha value is -0.890. The van der Waals surface area contributed by atoms with Crippen LogP contribution in [0.1, 0.15) is 16.5 Å². The van der Waals surface area contributed by atoms with Crippen molar-refractivity contribution in [1.29, 1.82) is 0 Å². The molecule has 0 aliphatic heterocycles. The highest BCUT2D eigenvalue weighted by Crippen LogP contribution is 2.37. The van der Waals surface area contributed by atoms with Gasteiger partial charge in [0.1, 0.15) is 6.10 Å². The first-order valence-electron chi connectivity index (χ1n) is 6.18. The summed E-state index contributed by atoms with van der Waals surface area (Å²) < 4.78 is 5.06. The zero-order chi connectivity index (χ0) is 15.3. The summed E-state index contributed by atoms with van der Waals surface area (Å²) in [4.78, 5) is 12.8. The van der Waals surface area contributed by atoms with Crippen LogP contribution < -0.4 is 5.69 Å². The fraction of sp³-hybridized carbons (Fsp3) is 0.214. The molecule has 0 saturated carbocycles. The standard InChI is InChI=1S/C14H12Br2N2O2S/c1-17-9-4-3-7(5-10(9)18(2)14(17)20)12(19)11-6-8(15)13(16)21-11/h3-6,12,19H,1-2H3. The molecule has 0 saturated heterocycles. The van der Waals surface area contributed by atoms with Gasteiger partial charge in [0.05, 0.1) is 14.8 Å². The number of hydrogen-bond donors (Lipinski definition) is 1. The van der Waals surface area contributed by atoms with Crippen molar-refractivity contribution >= 4 is 54.2 Å². The second-order valence-electron chi connectivity index (χ2n) is 4.82. The Labute approximate surface area is 141 Å². The molecule has 3 aromatic rings. The Morgan fingerprint density at radius 1 is 1.14 bits per heavy atom. The third kappa shape index (κ3) is 2.42. The lowest BCUT2D eigenvalue weighted by Gasteiger charge is -2.09. The number of rotatable bonds is 2. The number of aryl methyl sites for hydroxylation is 2. The number of halogens is 2. The first-order chi connectivity index (χ1) is 9.90. The number of nitrogens with zero attached hydrogens (tertiary/aromatic N) is 2. The van der Waals surface area contributed by atoms with E-state index in [9.17, 15) is 9.90 Å². The summed E-state index contributed by atoms with van der Waals surface area (Å²) in [6.45, 7) is 0. The molecule has 0 radical (unpaired) electrons. The predicted molar refractivity (Wildman–Crippen MR) is 91.9 cm³/mol. The molecule has 1 unspecified atom stereocenters. The predicted octanol–water partition coefficient (Wildman–Crippen LogP) is 3.55. The highest BCUT2D eigenvalue weighted by atomic mass is 79.9.